The number of hydrogen-bond acceptors (Lipinski definition) is 3. The van der Waals surface area contributed by atoms with E-state index in [0.717, 1.165) is 11.1 Å². The van der Waals surface area contributed by atoms with E-state index in [1.54, 1.807) is 24.3 Å². The fourth-order valence-corrected chi connectivity index (χ4v) is 3.82. The fraction of sp³-hybridized carbons (Fsp3) is 0.200. The van der Waals surface area contributed by atoms with Crippen molar-refractivity contribution >= 4 is 24.5 Å². The van der Waals surface area contributed by atoms with Gasteiger partial charge in [0, 0.05) is 12.3 Å². The highest BCUT2D eigenvalue weighted by Gasteiger charge is 2.34. The molecule has 0 aliphatic rings. The monoisotopic (exact) mass is 419 g/mol. The van der Waals surface area contributed by atoms with E-state index in [1.165, 1.54) is 4.90 Å². The lowest BCUT2D eigenvalue weighted by Crippen LogP contribution is -2.43. The second kappa shape index (κ2) is 10.6. The highest BCUT2D eigenvalue weighted by molar-refractivity contribution is 7.80. The Hall–Kier alpha value is -3.05. The number of carbonyl (C=O) groups excluding carboxylic acids is 1. The molecule has 3 aromatic carbocycles. The first-order valence-electron chi connectivity index (χ1n) is 9.87. The maximum Gasteiger partial charge on any atom is 0.331 e. The highest BCUT2D eigenvalue weighted by atomic mass is 32.1. The molecule has 3 aromatic rings. The molecule has 2 atom stereocenters. The fourth-order valence-electron chi connectivity index (χ4n) is 3.53. The van der Waals surface area contributed by atoms with E-state index in [2.05, 4.69) is 12.6 Å². The molecule has 5 heteroatoms. The smallest absolute Gasteiger partial charge is 0.331 e. The number of rotatable bonds is 9. The Bertz CT molecular complexity index is 948. The summed E-state index contributed by atoms with van der Waals surface area (Å²) in [6, 6.07) is 27.0. The zero-order valence-electron chi connectivity index (χ0n) is 16.6. The summed E-state index contributed by atoms with van der Waals surface area (Å²) in [5.41, 5.74) is 2.48. The number of carbonyl (C=O) groups is 2. The van der Waals surface area contributed by atoms with E-state index in [4.69, 9.17) is 0 Å². The zero-order valence-corrected chi connectivity index (χ0v) is 17.5. The maximum absolute atomic E-state index is 13.6. The molecule has 1 N–H and O–H groups in total. The molecule has 0 aromatic heterocycles. The van der Waals surface area contributed by atoms with Crippen LogP contribution in [0, 0.1) is 5.92 Å². The molecule has 0 saturated carbocycles. The first-order chi connectivity index (χ1) is 14.6. The Morgan fingerprint density at radius 1 is 0.800 bits per heavy atom. The van der Waals surface area contributed by atoms with Gasteiger partial charge < -0.3 is 10.0 Å². The van der Waals surface area contributed by atoms with E-state index >= 15 is 0 Å². The predicted octanol–water partition coefficient (Wildman–Crippen LogP) is 4.63. The molecule has 154 valence electrons. The molecule has 0 saturated heterocycles. The lowest BCUT2D eigenvalue weighted by molar-refractivity contribution is -0.152. The summed E-state index contributed by atoms with van der Waals surface area (Å²) in [7, 11) is 0. The first-order valence-corrected chi connectivity index (χ1v) is 10.5. The molecule has 4 nitrogen and oxygen atoms in total. The van der Waals surface area contributed by atoms with Crippen molar-refractivity contribution in [3.05, 3.63) is 108 Å². The van der Waals surface area contributed by atoms with E-state index in [0.29, 0.717) is 17.7 Å². The van der Waals surface area contributed by atoms with Gasteiger partial charge in [0.05, 0.1) is 5.92 Å². The molecule has 0 spiro atoms. The third-order valence-electron chi connectivity index (χ3n) is 5.03. The third kappa shape index (κ3) is 5.51. The van der Waals surface area contributed by atoms with Gasteiger partial charge in [-0.1, -0.05) is 91.0 Å². The largest absolute Gasteiger partial charge is 0.479 e. The van der Waals surface area contributed by atoms with Crippen LogP contribution in [0.3, 0.4) is 0 Å². The van der Waals surface area contributed by atoms with Crippen molar-refractivity contribution in [2.75, 3.05) is 5.75 Å². The molecular weight excluding hydrogens is 394 g/mol. The lowest BCUT2D eigenvalue weighted by Gasteiger charge is -2.32. The van der Waals surface area contributed by atoms with Gasteiger partial charge in [0.25, 0.3) is 0 Å². The summed E-state index contributed by atoms with van der Waals surface area (Å²) >= 11 is 4.42. The minimum absolute atomic E-state index is 0.213. The quantitative estimate of drug-likeness (QED) is 0.497. The van der Waals surface area contributed by atoms with Crippen LogP contribution in [-0.4, -0.2) is 27.6 Å². The van der Waals surface area contributed by atoms with Crippen molar-refractivity contribution in [3.8, 4) is 0 Å². The van der Waals surface area contributed by atoms with Crippen LogP contribution in [0.2, 0.25) is 0 Å². The molecule has 0 heterocycles. The molecule has 0 aliphatic carbocycles. The maximum atomic E-state index is 13.6. The van der Waals surface area contributed by atoms with Crippen LogP contribution in [0.15, 0.2) is 91.0 Å². The van der Waals surface area contributed by atoms with Crippen molar-refractivity contribution in [2.24, 2.45) is 5.92 Å². The van der Waals surface area contributed by atoms with Gasteiger partial charge in [-0.05, 0) is 23.1 Å². The van der Waals surface area contributed by atoms with Crippen LogP contribution in [-0.2, 0) is 22.6 Å². The average Bonchev–Trinajstić information content (AvgIpc) is 2.78. The van der Waals surface area contributed by atoms with Gasteiger partial charge in [-0.15, -0.1) is 0 Å². The second-order valence-corrected chi connectivity index (χ2v) is 7.54. The molecule has 1 amide bonds. The molecule has 0 aliphatic heterocycles. The second-order valence-electron chi connectivity index (χ2n) is 7.17. The number of aliphatic carboxylic acids is 1. The number of amides is 1. The van der Waals surface area contributed by atoms with Crippen LogP contribution >= 0.6 is 12.6 Å². The van der Waals surface area contributed by atoms with E-state index in [9.17, 15) is 14.7 Å². The number of hydrogen-bond donors (Lipinski definition) is 2. The summed E-state index contributed by atoms with van der Waals surface area (Å²) in [6.07, 6.45) is 0.510. The Kier molecular flexibility index (Phi) is 7.69. The standard InChI is InChI=1S/C25H25NO3S/c27-24(22(18-30)16-19-10-4-1-5-11-19)26(17-20-12-6-2-7-13-20)23(25(28)29)21-14-8-3-9-15-21/h1-15,22-23,30H,16-18H2,(H,28,29). The van der Waals surface area contributed by atoms with Crippen LogP contribution in [0.25, 0.3) is 0 Å². The van der Waals surface area contributed by atoms with Gasteiger partial charge in [-0.25, -0.2) is 4.79 Å². The average molecular weight is 420 g/mol. The van der Waals surface area contributed by atoms with Gasteiger partial charge in [0.2, 0.25) is 5.91 Å². The van der Waals surface area contributed by atoms with Crippen molar-refractivity contribution in [1.29, 1.82) is 0 Å². The van der Waals surface area contributed by atoms with Crippen molar-refractivity contribution in [3.63, 3.8) is 0 Å². The van der Waals surface area contributed by atoms with E-state index in [1.807, 2.05) is 66.7 Å². The molecule has 2 unspecified atom stereocenters. The Balaban J connectivity index is 1.96. The molecule has 0 bridgehead atoms. The van der Waals surface area contributed by atoms with Gasteiger partial charge >= 0.3 is 5.97 Å². The normalized spacial score (nSPS) is 12.7. The topological polar surface area (TPSA) is 57.6 Å². The van der Waals surface area contributed by atoms with Gasteiger partial charge in [-0.3, -0.25) is 4.79 Å². The Morgan fingerprint density at radius 3 is 1.80 bits per heavy atom. The summed E-state index contributed by atoms with van der Waals surface area (Å²) < 4.78 is 0. The summed E-state index contributed by atoms with van der Waals surface area (Å²) in [6.45, 7) is 0.213. The molecule has 3 rings (SSSR count). The van der Waals surface area contributed by atoms with Gasteiger partial charge in [0.1, 0.15) is 0 Å². The minimum Gasteiger partial charge on any atom is -0.479 e. The van der Waals surface area contributed by atoms with E-state index < -0.39 is 17.9 Å². The number of benzene rings is 3. The van der Waals surface area contributed by atoms with Crippen molar-refractivity contribution < 1.29 is 14.7 Å². The SMILES string of the molecule is O=C(O)C(c1ccccc1)N(Cc1ccccc1)C(=O)C(CS)Cc1ccccc1. The van der Waals surface area contributed by atoms with Crippen LogP contribution < -0.4 is 0 Å². The molecule has 30 heavy (non-hydrogen) atoms. The van der Waals surface area contributed by atoms with Crippen molar-refractivity contribution in [2.45, 2.75) is 19.0 Å². The van der Waals surface area contributed by atoms with Crippen molar-refractivity contribution in [1.82, 2.24) is 4.90 Å². The number of thiol groups is 1. The summed E-state index contributed by atoms with van der Waals surface area (Å²) in [4.78, 5) is 27.4. The highest BCUT2D eigenvalue weighted by Crippen LogP contribution is 2.27. The Labute approximate surface area is 182 Å². The predicted molar refractivity (Wildman–Crippen MR) is 121 cm³/mol. The zero-order chi connectivity index (χ0) is 21.3. The first kappa shape index (κ1) is 21.7. The van der Waals surface area contributed by atoms with E-state index in [-0.39, 0.29) is 12.5 Å². The minimum atomic E-state index is -1.07. The van der Waals surface area contributed by atoms with Gasteiger partial charge in [-0.2, -0.15) is 12.6 Å². The Morgan fingerprint density at radius 2 is 1.30 bits per heavy atom. The number of carboxylic acid groups (broad SMARTS) is 1. The molecular formula is C25H25NO3S. The van der Waals surface area contributed by atoms with Crippen LogP contribution in [0.1, 0.15) is 22.7 Å². The van der Waals surface area contributed by atoms with Crippen LogP contribution in [0.4, 0.5) is 0 Å². The lowest BCUT2D eigenvalue weighted by atomic mass is 9.96. The molecule has 0 fully saturated rings. The van der Waals surface area contributed by atoms with Crippen LogP contribution in [0.5, 0.6) is 0 Å². The van der Waals surface area contributed by atoms with Gasteiger partial charge in [0.15, 0.2) is 6.04 Å². The summed E-state index contributed by atoms with van der Waals surface area (Å²) in [5, 5.41) is 10.1. The summed E-state index contributed by atoms with van der Waals surface area (Å²) in [5.74, 6) is -1.36. The third-order valence-corrected chi connectivity index (χ3v) is 5.48. The number of carboxylic acids is 1. The number of nitrogens with zero attached hydrogens (tertiary/aromatic N) is 1. The molecule has 0 radical (unpaired) electrons.